The Balaban J connectivity index is 2.28. The van der Waals surface area contributed by atoms with Gasteiger partial charge in [0.1, 0.15) is 5.60 Å². The van der Waals surface area contributed by atoms with Gasteiger partial charge in [-0.25, -0.2) is 0 Å². The molecule has 0 aliphatic carbocycles. The van der Waals surface area contributed by atoms with Crippen molar-refractivity contribution in [3.8, 4) is 0 Å². The zero-order chi connectivity index (χ0) is 11.3. The maximum Gasteiger partial charge on any atom is 0.130 e. The Morgan fingerprint density at radius 2 is 1.60 bits per heavy atom. The van der Waals surface area contributed by atoms with Crippen molar-refractivity contribution in [1.82, 2.24) is 0 Å². The first kappa shape index (κ1) is 11.4. The molecule has 3 nitrogen and oxygen atoms in total. The average Bonchev–Trinajstić information content (AvgIpc) is 2.38. The second-order valence-corrected chi connectivity index (χ2v) is 5.75. The monoisotopic (exact) mass is 213 g/mol. The third kappa shape index (κ3) is 1.30. The van der Waals surface area contributed by atoms with Crippen LogP contribution in [0.4, 0.5) is 0 Å². The molecular weight excluding hydrogens is 190 g/mol. The number of hydrogen-bond acceptors (Lipinski definition) is 3. The molecular formula is C12H23NO2. The van der Waals surface area contributed by atoms with Crippen LogP contribution in [-0.2, 0) is 9.47 Å². The molecule has 2 fully saturated rings. The zero-order valence-electron chi connectivity index (χ0n) is 10.2. The lowest BCUT2D eigenvalue weighted by molar-refractivity contribution is -0.190. The highest BCUT2D eigenvalue weighted by Gasteiger charge is 2.62. The summed E-state index contributed by atoms with van der Waals surface area (Å²) >= 11 is 0. The van der Waals surface area contributed by atoms with Crippen molar-refractivity contribution < 1.29 is 9.47 Å². The van der Waals surface area contributed by atoms with Crippen molar-refractivity contribution in [2.24, 2.45) is 23.0 Å². The SMILES string of the molecule is CC(C)C1(C(C)C)COC2(COC2)[C@H]1N. The molecule has 15 heavy (non-hydrogen) atoms. The predicted molar refractivity (Wildman–Crippen MR) is 59.6 cm³/mol. The van der Waals surface area contributed by atoms with Crippen LogP contribution in [-0.4, -0.2) is 31.5 Å². The fraction of sp³-hybridized carbons (Fsp3) is 1.00. The molecule has 0 bridgehead atoms. The van der Waals surface area contributed by atoms with Gasteiger partial charge in [-0.2, -0.15) is 0 Å². The van der Waals surface area contributed by atoms with E-state index in [1.165, 1.54) is 0 Å². The highest BCUT2D eigenvalue weighted by atomic mass is 16.6. The first-order chi connectivity index (χ1) is 6.96. The van der Waals surface area contributed by atoms with E-state index < -0.39 is 0 Å². The lowest BCUT2D eigenvalue weighted by Gasteiger charge is -2.46. The maximum atomic E-state index is 6.45. The first-order valence-electron chi connectivity index (χ1n) is 5.93. The summed E-state index contributed by atoms with van der Waals surface area (Å²) in [5.41, 5.74) is 6.39. The van der Waals surface area contributed by atoms with Gasteiger partial charge >= 0.3 is 0 Å². The normalized spacial score (nSPS) is 32.6. The van der Waals surface area contributed by atoms with Gasteiger partial charge in [0.05, 0.1) is 19.8 Å². The third-order valence-electron chi connectivity index (χ3n) is 4.60. The molecule has 0 amide bonds. The van der Waals surface area contributed by atoms with Crippen LogP contribution >= 0.6 is 0 Å². The highest BCUT2D eigenvalue weighted by Crippen LogP contribution is 2.50. The maximum absolute atomic E-state index is 6.45. The van der Waals surface area contributed by atoms with Gasteiger partial charge in [0.25, 0.3) is 0 Å². The molecule has 2 aliphatic heterocycles. The summed E-state index contributed by atoms with van der Waals surface area (Å²) in [5, 5.41) is 0. The van der Waals surface area contributed by atoms with Crippen LogP contribution in [0.2, 0.25) is 0 Å². The van der Waals surface area contributed by atoms with E-state index in [1.54, 1.807) is 0 Å². The minimum Gasteiger partial charge on any atom is -0.375 e. The fourth-order valence-electron chi connectivity index (χ4n) is 3.22. The lowest BCUT2D eigenvalue weighted by atomic mass is 9.62. The van der Waals surface area contributed by atoms with Crippen LogP contribution in [0.3, 0.4) is 0 Å². The summed E-state index contributed by atoms with van der Waals surface area (Å²) in [6, 6.07) is 0.110. The molecule has 0 radical (unpaired) electrons. The minimum absolute atomic E-state index is 0.110. The smallest absolute Gasteiger partial charge is 0.130 e. The van der Waals surface area contributed by atoms with Gasteiger partial charge in [-0.1, -0.05) is 27.7 Å². The number of nitrogens with two attached hydrogens (primary N) is 1. The second kappa shape index (κ2) is 3.44. The van der Waals surface area contributed by atoms with Gasteiger partial charge in [0, 0.05) is 11.5 Å². The number of rotatable bonds is 2. The Bertz CT molecular complexity index is 238. The Labute approximate surface area is 92.3 Å². The Hall–Kier alpha value is -0.120. The van der Waals surface area contributed by atoms with E-state index in [2.05, 4.69) is 27.7 Å². The van der Waals surface area contributed by atoms with Crippen LogP contribution in [0.1, 0.15) is 27.7 Å². The molecule has 2 saturated heterocycles. The summed E-state index contributed by atoms with van der Waals surface area (Å²) in [4.78, 5) is 0. The van der Waals surface area contributed by atoms with Crippen molar-refractivity contribution in [3.05, 3.63) is 0 Å². The molecule has 88 valence electrons. The van der Waals surface area contributed by atoms with Gasteiger partial charge in [0.2, 0.25) is 0 Å². The van der Waals surface area contributed by atoms with Crippen molar-refractivity contribution in [2.45, 2.75) is 39.3 Å². The van der Waals surface area contributed by atoms with Gasteiger partial charge in [-0.05, 0) is 11.8 Å². The third-order valence-corrected chi connectivity index (χ3v) is 4.60. The van der Waals surface area contributed by atoms with Gasteiger partial charge < -0.3 is 15.2 Å². The quantitative estimate of drug-likeness (QED) is 0.754. The zero-order valence-corrected chi connectivity index (χ0v) is 10.2. The number of ether oxygens (including phenoxy) is 2. The molecule has 0 unspecified atom stereocenters. The van der Waals surface area contributed by atoms with E-state index >= 15 is 0 Å². The van der Waals surface area contributed by atoms with Gasteiger partial charge in [-0.3, -0.25) is 0 Å². The molecule has 1 spiro atoms. The molecule has 0 aromatic rings. The van der Waals surface area contributed by atoms with Gasteiger partial charge in [-0.15, -0.1) is 0 Å². The van der Waals surface area contributed by atoms with Crippen LogP contribution in [0.15, 0.2) is 0 Å². The van der Waals surface area contributed by atoms with Crippen LogP contribution in [0, 0.1) is 17.3 Å². The molecule has 0 aromatic carbocycles. The van der Waals surface area contributed by atoms with E-state index in [0.717, 1.165) is 6.61 Å². The molecule has 2 heterocycles. The van der Waals surface area contributed by atoms with Crippen molar-refractivity contribution in [2.75, 3.05) is 19.8 Å². The van der Waals surface area contributed by atoms with Crippen molar-refractivity contribution in [3.63, 3.8) is 0 Å². The predicted octanol–water partition coefficient (Wildman–Crippen LogP) is 1.41. The van der Waals surface area contributed by atoms with E-state index in [0.29, 0.717) is 25.0 Å². The topological polar surface area (TPSA) is 44.5 Å². The molecule has 2 N–H and O–H groups in total. The summed E-state index contributed by atoms with van der Waals surface area (Å²) in [6.07, 6.45) is 0. The molecule has 0 aromatic heterocycles. The van der Waals surface area contributed by atoms with Crippen LogP contribution < -0.4 is 5.73 Å². The largest absolute Gasteiger partial charge is 0.375 e. The Kier molecular flexibility index (Phi) is 2.61. The van der Waals surface area contributed by atoms with E-state index in [9.17, 15) is 0 Å². The molecule has 1 atom stereocenters. The summed E-state index contributed by atoms with van der Waals surface area (Å²) in [5.74, 6) is 1.10. The summed E-state index contributed by atoms with van der Waals surface area (Å²) < 4.78 is 11.3. The van der Waals surface area contributed by atoms with Crippen LogP contribution in [0.5, 0.6) is 0 Å². The highest BCUT2D eigenvalue weighted by molar-refractivity contribution is 5.12. The van der Waals surface area contributed by atoms with Crippen LogP contribution in [0.25, 0.3) is 0 Å². The van der Waals surface area contributed by atoms with Crippen molar-refractivity contribution >= 4 is 0 Å². The van der Waals surface area contributed by atoms with Crippen molar-refractivity contribution in [1.29, 1.82) is 0 Å². The fourth-order valence-corrected chi connectivity index (χ4v) is 3.22. The number of hydrogen-bond donors (Lipinski definition) is 1. The standard InChI is InChI=1S/C12H23NO2/c1-8(2)12(9(3)4)7-15-11(10(12)13)5-14-6-11/h8-10H,5-7,13H2,1-4H3/t10-/m1/s1. The lowest BCUT2D eigenvalue weighted by Crippen LogP contribution is -2.64. The Morgan fingerprint density at radius 1 is 1.07 bits per heavy atom. The first-order valence-corrected chi connectivity index (χ1v) is 5.93. The summed E-state index contributed by atoms with van der Waals surface area (Å²) in [7, 11) is 0. The molecule has 3 heteroatoms. The van der Waals surface area contributed by atoms with E-state index in [4.69, 9.17) is 15.2 Å². The average molecular weight is 213 g/mol. The molecule has 2 aliphatic rings. The summed E-state index contributed by atoms with van der Waals surface area (Å²) in [6.45, 7) is 11.1. The van der Waals surface area contributed by atoms with Gasteiger partial charge in [0.15, 0.2) is 0 Å². The second-order valence-electron chi connectivity index (χ2n) is 5.75. The van der Waals surface area contributed by atoms with E-state index in [-0.39, 0.29) is 17.1 Å². The minimum atomic E-state index is -0.172. The molecule has 0 saturated carbocycles. The van der Waals surface area contributed by atoms with E-state index in [1.807, 2.05) is 0 Å². The Morgan fingerprint density at radius 3 is 1.80 bits per heavy atom. The molecule has 2 rings (SSSR count).